The highest BCUT2D eigenvalue weighted by Gasteiger charge is 2.05. The number of benzene rings is 1. The van der Waals surface area contributed by atoms with Gasteiger partial charge in [0.2, 0.25) is 0 Å². The Morgan fingerprint density at radius 2 is 1.94 bits per heavy atom. The normalized spacial score (nSPS) is 10.8. The molecule has 0 fully saturated rings. The molecule has 0 aliphatic rings. The van der Waals surface area contributed by atoms with E-state index in [1.807, 2.05) is 6.92 Å². The van der Waals surface area contributed by atoms with Gasteiger partial charge in [0.25, 0.3) is 0 Å². The molecule has 1 aromatic carbocycles. The lowest BCUT2D eigenvalue weighted by Gasteiger charge is -2.04. The van der Waals surface area contributed by atoms with Crippen LogP contribution >= 0.6 is 0 Å². The SMILES string of the molecule is Cc1cnc(-c2ccc(OC(F)F)cc2)[nH]1. The number of hydrogen-bond donors (Lipinski definition) is 1. The number of ether oxygens (including phenoxy) is 1. The second-order valence-electron chi connectivity index (χ2n) is 3.32. The van der Waals surface area contributed by atoms with Crippen LogP contribution in [-0.2, 0) is 0 Å². The van der Waals surface area contributed by atoms with E-state index in [4.69, 9.17) is 0 Å². The van der Waals surface area contributed by atoms with Crippen LogP contribution in [0.15, 0.2) is 30.5 Å². The van der Waals surface area contributed by atoms with Gasteiger partial charge in [-0.15, -0.1) is 0 Å². The average Bonchev–Trinajstić information content (AvgIpc) is 2.65. The Morgan fingerprint density at radius 1 is 1.25 bits per heavy atom. The number of aromatic amines is 1. The number of nitrogens with zero attached hydrogens (tertiary/aromatic N) is 1. The van der Waals surface area contributed by atoms with Gasteiger partial charge in [-0.2, -0.15) is 8.78 Å². The smallest absolute Gasteiger partial charge is 0.387 e. The lowest BCUT2D eigenvalue weighted by molar-refractivity contribution is -0.0498. The number of imidazole rings is 1. The maximum atomic E-state index is 11.9. The number of H-pyrrole nitrogens is 1. The highest BCUT2D eigenvalue weighted by Crippen LogP contribution is 2.20. The van der Waals surface area contributed by atoms with Crippen molar-refractivity contribution in [1.29, 1.82) is 0 Å². The molecule has 0 atom stereocenters. The van der Waals surface area contributed by atoms with Crippen molar-refractivity contribution in [3.63, 3.8) is 0 Å². The summed E-state index contributed by atoms with van der Waals surface area (Å²) in [7, 11) is 0. The van der Waals surface area contributed by atoms with Crippen molar-refractivity contribution >= 4 is 0 Å². The number of nitrogens with one attached hydrogen (secondary N) is 1. The Labute approximate surface area is 91.1 Å². The summed E-state index contributed by atoms with van der Waals surface area (Å²) in [6.45, 7) is -0.901. The van der Waals surface area contributed by atoms with Gasteiger partial charge in [0, 0.05) is 17.5 Å². The second-order valence-corrected chi connectivity index (χ2v) is 3.32. The lowest BCUT2D eigenvalue weighted by atomic mass is 10.2. The van der Waals surface area contributed by atoms with Gasteiger partial charge >= 0.3 is 6.61 Å². The molecule has 0 saturated carbocycles. The Morgan fingerprint density at radius 3 is 2.44 bits per heavy atom. The van der Waals surface area contributed by atoms with E-state index in [1.54, 1.807) is 18.3 Å². The Hall–Kier alpha value is -1.91. The van der Waals surface area contributed by atoms with Crippen LogP contribution in [0.5, 0.6) is 5.75 Å². The Kier molecular flexibility index (Phi) is 2.85. The van der Waals surface area contributed by atoms with Crippen LogP contribution < -0.4 is 4.74 Å². The fourth-order valence-electron chi connectivity index (χ4n) is 1.35. The zero-order chi connectivity index (χ0) is 11.5. The summed E-state index contributed by atoms with van der Waals surface area (Å²) in [5, 5.41) is 0. The predicted octanol–water partition coefficient (Wildman–Crippen LogP) is 2.99. The molecule has 2 aromatic rings. The van der Waals surface area contributed by atoms with Crippen molar-refractivity contribution in [3.8, 4) is 17.1 Å². The topological polar surface area (TPSA) is 37.9 Å². The molecule has 0 amide bonds. The van der Waals surface area contributed by atoms with Crippen molar-refractivity contribution < 1.29 is 13.5 Å². The minimum absolute atomic E-state index is 0.141. The van der Waals surface area contributed by atoms with Gasteiger partial charge in [-0.05, 0) is 31.2 Å². The third-order valence-corrected chi connectivity index (χ3v) is 2.06. The average molecular weight is 224 g/mol. The monoisotopic (exact) mass is 224 g/mol. The molecule has 1 aromatic heterocycles. The maximum Gasteiger partial charge on any atom is 0.387 e. The van der Waals surface area contributed by atoms with Gasteiger partial charge in [-0.25, -0.2) is 4.98 Å². The van der Waals surface area contributed by atoms with Crippen molar-refractivity contribution in [2.24, 2.45) is 0 Å². The fraction of sp³-hybridized carbons (Fsp3) is 0.182. The first-order valence-electron chi connectivity index (χ1n) is 4.72. The zero-order valence-electron chi connectivity index (χ0n) is 8.58. The molecule has 16 heavy (non-hydrogen) atoms. The number of alkyl halides is 2. The minimum atomic E-state index is -2.79. The van der Waals surface area contributed by atoms with Gasteiger partial charge in [0.05, 0.1) is 0 Å². The molecule has 0 saturated heterocycles. The van der Waals surface area contributed by atoms with Crippen LogP contribution in [-0.4, -0.2) is 16.6 Å². The van der Waals surface area contributed by atoms with E-state index in [0.29, 0.717) is 5.82 Å². The summed E-state index contributed by atoms with van der Waals surface area (Å²) in [5.74, 6) is 0.850. The highest BCUT2D eigenvalue weighted by atomic mass is 19.3. The van der Waals surface area contributed by atoms with Crippen LogP contribution in [0.2, 0.25) is 0 Å². The number of aromatic nitrogens is 2. The summed E-state index contributed by atoms with van der Waals surface area (Å²) < 4.78 is 28.1. The Bertz CT molecular complexity index is 465. The molecule has 5 heteroatoms. The molecule has 1 heterocycles. The highest BCUT2D eigenvalue weighted by molar-refractivity contribution is 5.56. The molecular formula is C11H10F2N2O. The number of halogens is 2. The zero-order valence-corrected chi connectivity index (χ0v) is 8.58. The largest absolute Gasteiger partial charge is 0.435 e. The molecule has 0 radical (unpaired) electrons. The quantitative estimate of drug-likeness (QED) is 0.870. The minimum Gasteiger partial charge on any atom is -0.435 e. The van der Waals surface area contributed by atoms with E-state index in [9.17, 15) is 8.78 Å². The fourth-order valence-corrected chi connectivity index (χ4v) is 1.35. The van der Waals surface area contributed by atoms with E-state index in [1.165, 1.54) is 12.1 Å². The van der Waals surface area contributed by atoms with Crippen LogP contribution in [0, 0.1) is 6.92 Å². The molecule has 1 N–H and O–H groups in total. The van der Waals surface area contributed by atoms with Gasteiger partial charge in [0.15, 0.2) is 0 Å². The van der Waals surface area contributed by atoms with Crippen LogP contribution in [0.4, 0.5) is 8.78 Å². The van der Waals surface area contributed by atoms with Gasteiger partial charge in [0.1, 0.15) is 11.6 Å². The third-order valence-electron chi connectivity index (χ3n) is 2.06. The van der Waals surface area contributed by atoms with Gasteiger partial charge < -0.3 is 9.72 Å². The first kappa shape index (κ1) is 10.6. The summed E-state index contributed by atoms with van der Waals surface area (Å²) in [6, 6.07) is 6.32. The van der Waals surface area contributed by atoms with Gasteiger partial charge in [-0.1, -0.05) is 0 Å². The van der Waals surface area contributed by atoms with Crippen LogP contribution in [0.25, 0.3) is 11.4 Å². The summed E-state index contributed by atoms with van der Waals surface area (Å²) in [5.41, 5.74) is 1.78. The number of hydrogen-bond acceptors (Lipinski definition) is 2. The predicted molar refractivity (Wildman–Crippen MR) is 55.4 cm³/mol. The van der Waals surface area contributed by atoms with Crippen LogP contribution in [0.1, 0.15) is 5.69 Å². The molecule has 3 nitrogen and oxygen atoms in total. The number of rotatable bonds is 3. The van der Waals surface area contributed by atoms with E-state index >= 15 is 0 Å². The van der Waals surface area contributed by atoms with Crippen LogP contribution in [0.3, 0.4) is 0 Å². The van der Waals surface area contributed by atoms with E-state index in [2.05, 4.69) is 14.7 Å². The van der Waals surface area contributed by atoms with Crippen molar-refractivity contribution in [3.05, 3.63) is 36.2 Å². The third kappa shape index (κ3) is 2.36. The molecule has 0 spiro atoms. The first-order valence-corrected chi connectivity index (χ1v) is 4.72. The van der Waals surface area contributed by atoms with E-state index in [0.717, 1.165) is 11.3 Å². The maximum absolute atomic E-state index is 11.9. The molecule has 0 bridgehead atoms. The van der Waals surface area contributed by atoms with E-state index in [-0.39, 0.29) is 5.75 Å². The van der Waals surface area contributed by atoms with Crippen molar-refractivity contribution in [1.82, 2.24) is 9.97 Å². The molecular weight excluding hydrogens is 214 g/mol. The summed E-state index contributed by atoms with van der Waals surface area (Å²) >= 11 is 0. The molecule has 0 aliphatic carbocycles. The first-order chi connectivity index (χ1) is 7.65. The Balaban J connectivity index is 2.19. The number of aryl methyl sites for hydroxylation is 1. The standard InChI is InChI=1S/C11H10F2N2O/c1-7-6-14-10(15-7)8-2-4-9(5-3-8)16-11(12)13/h2-6,11H,1H3,(H,14,15). The van der Waals surface area contributed by atoms with E-state index < -0.39 is 6.61 Å². The molecule has 0 aliphatic heterocycles. The van der Waals surface area contributed by atoms with Gasteiger partial charge in [-0.3, -0.25) is 0 Å². The molecule has 0 unspecified atom stereocenters. The van der Waals surface area contributed by atoms with Crippen molar-refractivity contribution in [2.45, 2.75) is 13.5 Å². The summed E-state index contributed by atoms with van der Waals surface area (Å²) in [4.78, 5) is 7.18. The molecule has 2 rings (SSSR count). The summed E-state index contributed by atoms with van der Waals surface area (Å²) in [6.07, 6.45) is 1.71. The van der Waals surface area contributed by atoms with Crippen molar-refractivity contribution in [2.75, 3.05) is 0 Å². The molecule has 84 valence electrons. The lowest BCUT2D eigenvalue weighted by Crippen LogP contribution is -2.01. The second kappa shape index (κ2) is 4.30.